The molecule has 2 N–H and O–H groups in total. The van der Waals surface area contributed by atoms with Crippen molar-refractivity contribution in [3.63, 3.8) is 0 Å². The third-order valence-corrected chi connectivity index (χ3v) is 4.16. The Kier molecular flexibility index (Phi) is 5.12. The SMILES string of the molecule is CC(C)c1ccccc1NC(=O)[C@H](C)Nc1ccc2c(c1)OCCO2. The molecule has 3 rings (SSSR count). The number of nitrogens with one attached hydrogen (secondary N) is 2. The van der Waals surface area contributed by atoms with Gasteiger partial charge in [0.2, 0.25) is 5.91 Å². The highest BCUT2D eigenvalue weighted by atomic mass is 16.6. The van der Waals surface area contributed by atoms with Gasteiger partial charge in [0.05, 0.1) is 0 Å². The molecule has 25 heavy (non-hydrogen) atoms. The van der Waals surface area contributed by atoms with Gasteiger partial charge in [-0.3, -0.25) is 4.79 Å². The third-order valence-electron chi connectivity index (χ3n) is 4.16. The van der Waals surface area contributed by atoms with Crippen molar-refractivity contribution in [2.75, 3.05) is 23.8 Å². The van der Waals surface area contributed by atoms with Crippen LogP contribution in [-0.2, 0) is 4.79 Å². The normalized spacial score (nSPS) is 14.1. The van der Waals surface area contributed by atoms with Crippen LogP contribution in [0.1, 0.15) is 32.3 Å². The van der Waals surface area contributed by atoms with Crippen LogP contribution in [0.25, 0.3) is 0 Å². The Morgan fingerprint density at radius 1 is 1.00 bits per heavy atom. The van der Waals surface area contributed by atoms with E-state index in [4.69, 9.17) is 9.47 Å². The van der Waals surface area contributed by atoms with E-state index in [1.54, 1.807) is 0 Å². The van der Waals surface area contributed by atoms with Crippen molar-refractivity contribution in [3.05, 3.63) is 48.0 Å². The summed E-state index contributed by atoms with van der Waals surface area (Å²) in [6, 6.07) is 13.1. The van der Waals surface area contributed by atoms with Gasteiger partial charge in [-0.2, -0.15) is 0 Å². The molecule has 0 aromatic heterocycles. The van der Waals surface area contributed by atoms with Crippen molar-refractivity contribution in [2.24, 2.45) is 0 Å². The predicted molar refractivity (Wildman–Crippen MR) is 99.7 cm³/mol. The number of carbonyl (C=O) groups is 1. The number of rotatable bonds is 5. The lowest BCUT2D eigenvalue weighted by Crippen LogP contribution is -2.32. The molecule has 5 nitrogen and oxygen atoms in total. The van der Waals surface area contributed by atoms with E-state index in [-0.39, 0.29) is 11.9 Å². The highest BCUT2D eigenvalue weighted by Crippen LogP contribution is 2.32. The van der Waals surface area contributed by atoms with Gasteiger partial charge in [0.25, 0.3) is 0 Å². The Bertz CT molecular complexity index is 758. The topological polar surface area (TPSA) is 59.6 Å². The molecule has 1 atom stereocenters. The molecule has 0 saturated heterocycles. The fourth-order valence-corrected chi connectivity index (χ4v) is 2.80. The van der Waals surface area contributed by atoms with Gasteiger partial charge >= 0.3 is 0 Å². The average molecular weight is 340 g/mol. The van der Waals surface area contributed by atoms with E-state index < -0.39 is 0 Å². The molecule has 2 aromatic rings. The lowest BCUT2D eigenvalue weighted by molar-refractivity contribution is -0.116. The lowest BCUT2D eigenvalue weighted by Gasteiger charge is -2.21. The van der Waals surface area contributed by atoms with Crippen molar-refractivity contribution >= 4 is 17.3 Å². The summed E-state index contributed by atoms with van der Waals surface area (Å²) in [6.45, 7) is 7.17. The van der Waals surface area contributed by atoms with Crippen LogP contribution in [-0.4, -0.2) is 25.2 Å². The van der Waals surface area contributed by atoms with E-state index in [0.29, 0.717) is 24.9 Å². The number of hydrogen-bond donors (Lipinski definition) is 2. The number of benzene rings is 2. The van der Waals surface area contributed by atoms with Crippen LogP contribution in [0.3, 0.4) is 0 Å². The zero-order chi connectivity index (χ0) is 17.8. The number of anilines is 2. The van der Waals surface area contributed by atoms with Gasteiger partial charge in [0.15, 0.2) is 11.5 Å². The fourth-order valence-electron chi connectivity index (χ4n) is 2.80. The summed E-state index contributed by atoms with van der Waals surface area (Å²) in [5, 5.41) is 6.23. The maximum Gasteiger partial charge on any atom is 0.246 e. The first kappa shape index (κ1) is 17.1. The van der Waals surface area contributed by atoms with Gasteiger partial charge < -0.3 is 20.1 Å². The number of carbonyl (C=O) groups excluding carboxylic acids is 1. The molecule has 0 bridgehead atoms. The second-order valence-electron chi connectivity index (χ2n) is 6.46. The van der Waals surface area contributed by atoms with Crippen LogP contribution in [0.15, 0.2) is 42.5 Å². The molecule has 0 spiro atoms. The molecule has 0 radical (unpaired) electrons. The summed E-state index contributed by atoms with van der Waals surface area (Å²) < 4.78 is 11.1. The van der Waals surface area contributed by atoms with Gasteiger partial charge in [-0.15, -0.1) is 0 Å². The Labute approximate surface area is 148 Å². The van der Waals surface area contributed by atoms with Crippen molar-refractivity contribution in [3.8, 4) is 11.5 Å². The minimum absolute atomic E-state index is 0.0806. The van der Waals surface area contributed by atoms with Gasteiger partial charge in [0.1, 0.15) is 19.3 Å². The molecule has 1 amide bonds. The highest BCUT2D eigenvalue weighted by molar-refractivity contribution is 5.97. The van der Waals surface area contributed by atoms with E-state index >= 15 is 0 Å². The molecule has 2 aromatic carbocycles. The Morgan fingerprint density at radius 2 is 1.72 bits per heavy atom. The average Bonchev–Trinajstić information content (AvgIpc) is 2.61. The Balaban J connectivity index is 1.67. The first-order chi connectivity index (χ1) is 12.0. The van der Waals surface area contributed by atoms with Gasteiger partial charge in [-0.05, 0) is 36.6 Å². The second kappa shape index (κ2) is 7.47. The summed E-state index contributed by atoms with van der Waals surface area (Å²) in [5.74, 6) is 1.70. The molecule has 0 aliphatic carbocycles. The molecule has 1 aliphatic rings. The minimum atomic E-state index is -0.386. The van der Waals surface area contributed by atoms with Crippen LogP contribution in [0.5, 0.6) is 11.5 Å². The molecule has 0 fully saturated rings. The smallest absolute Gasteiger partial charge is 0.246 e. The van der Waals surface area contributed by atoms with E-state index in [1.807, 2.05) is 49.4 Å². The number of hydrogen-bond acceptors (Lipinski definition) is 4. The first-order valence-electron chi connectivity index (χ1n) is 8.60. The number of para-hydroxylation sites is 1. The lowest BCUT2D eigenvalue weighted by atomic mass is 10.0. The van der Waals surface area contributed by atoms with Crippen molar-refractivity contribution in [1.82, 2.24) is 0 Å². The quantitative estimate of drug-likeness (QED) is 0.863. The highest BCUT2D eigenvalue weighted by Gasteiger charge is 2.17. The Hall–Kier alpha value is -2.69. The molecule has 132 valence electrons. The largest absolute Gasteiger partial charge is 0.486 e. The van der Waals surface area contributed by atoms with Crippen molar-refractivity contribution in [1.29, 1.82) is 0 Å². The van der Waals surface area contributed by atoms with E-state index in [1.165, 1.54) is 0 Å². The zero-order valence-electron chi connectivity index (χ0n) is 14.8. The van der Waals surface area contributed by atoms with Crippen LogP contribution in [0, 0.1) is 0 Å². The minimum Gasteiger partial charge on any atom is -0.486 e. The second-order valence-corrected chi connectivity index (χ2v) is 6.46. The van der Waals surface area contributed by atoms with Crippen LogP contribution in [0.2, 0.25) is 0 Å². The van der Waals surface area contributed by atoms with Crippen molar-refractivity contribution < 1.29 is 14.3 Å². The molecule has 0 unspecified atom stereocenters. The standard InChI is InChI=1S/C20H24N2O3/c1-13(2)16-6-4-5-7-17(16)22-20(23)14(3)21-15-8-9-18-19(12-15)25-11-10-24-18/h4-9,12-14,21H,10-11H2,1-3H3,(H,22,23)/t14-/m0/s1. The molecule has 1 aliphatic heterocycles. The Morgan fingerprint density at radius 3 is 2.48 bits per heavy atom. The van der Waals surface area contributed by atoms with Gasteiger partial charge in [-0.1, -0.05) is 32.0 Å². The first-order valence-corrected chi connectivity index (χ1v) is 8.60. The third kappa shape index (κ3) is 4.05. The molecular weight excluding hydrogens is 316 g/mol. The summed E-state index contributed by atoms with van der Waals surface area (Å²) in [7, 11) is 0. The maximum absolute atomic E-state index is 12.6. The predicted octanol–water partition coefficient (Wildman–Crippen LogP) is 4.02. The van der Waals surface area contributed by atoms with Crippen LogP contribution in [0.4, 0.5) is 11.4 Å². The number of ether oxygens (including phenoxy) is 2. The summed E-state index contributed by atoms with van der Waals surface area (Å²) in [4.78, 5) is 12.6. The van der Waals surface area contributed by atoms with Crippen LogP contribution < -0.4 is 20.1 Å². The summed E-state index contributed by atoms with van der Waals surface area (Å²) in [5.41, 5.74) is 2.81. The fraction of sp³-hybridized carbons (Fsp3) is 0.350. The van der Waals surface area contributed by atoms with E-state index in [0.717, 1.165) is 22.7 Å². The van der Waals surface area contributed by atoms with Gasteiger partial charge in [-0.25, -0.2) is 0 Å². The zero-order valence-corrected chi connectivity index (χ0v) is 14.8. The van der Waals surface area contributed by atoms with Gasteiger partial charge in [0, 0.05) is 17.4 Å². The van der Waals surface area contributed by atoms with Crippen LogP contribution >= 0.6 is 0 Å². The summed E-state index contributed by atoms with van der Waals surface area (Å²) in [6.07, 6.45) is 0. The molecule has 5 heteroatoms. The summed E-state index contributed by atoms with van der Waals surface area (Å²) >= 11 is 0. The molecular formula is C20H24N2O3. The monoisotopic (exact) mass is 340 g/mol. The van der Waals surface area contributed by atoms with E-state index in [2.05, 4.69) is 24.5 Å². The number of amides is 1. The van der Waals surface area contributed by atoms with E-state index in [9.17, 15) is 4.79 Å². The molecule has 1 heterocycles. The molecule has 0 saturated carbocycles. The number of fused-ring (bicyclic) bond motifs is 1. The van der Waals surface area contributed by atoms with Crippen molar-refractivity contribution in [2.45, 2.75) is 32.7 Å². The maximum atomic E-state index is 12.6.